The quantitative estimate of drug-likeness (QED) is 0.814. The molecule has 2 aliphatic heterocycles. The predicted molar refractivity (Wildman–Crippen MR) is 95.3 cm³/mol. The van der Waals surface area contributed by atoms with E-state index >= 15 is 0 Å². The summed E-state index contributed by atoms with van der Waals surface area (Å²) in [5, 5.41) is 0. The van der Waals surface area contributed by atoms with E-state index < -0.39 is 10.0 Å². The van der Waals surface area contributed by atoms with E-state index in [1.807, 2.05) is 0 Å². The normalized spacial score (nSPS) is 22.7. The molecule has 1 aromatic rings. The van der Waals surface area contributed by atoms with Gasteiger partial charge in [-0.05, 0) is 31.2 Å². The van der Waals surface area contributed by atoms with Crippen LogP contribution >= 0.6 is 0 Å². The second-order valence-corrected chi connectivity index (χ2v) is 8.94. The Kier molecular flexibility index (Phi) is 5.92. The zero-order chi connectivity index (χ0) is 17.0. The summed E-state index contributed by atoms with van der Waals surface area (Å²) in [5.41, 5.74) is 1.37. The van der Waals surface area contributed by atoms with Crippen molar-refractivity contribution in [3.05, 3.63) is 35.9 Å². The highest BCUT2D eigenvalue weighted by atomic mass is 32.2. The van der Waals surface area contributed by atoms with Crippen molar-refractivity contribution in [3.8, 4) is 0 Å². The second-order valence-electron chi connectivity index (χ2n) is 6.96. The Bertz CT molecular complexity index is 604. The average molecular weight is 353 g/mol. The summed E-state index contributed by atoms with van der Waals surface area (Å²) < 4.78 is 30.9. The van der Waals surface area contributed by atoms with E-state index in [1.54, 1.807) is 4.31 Å². The highest BCUT2D eigenvalue weighted by Crippen LogP contribution is 2.22. The van der Waals surface area contributed by atoms with Gasteiger partial charge in [0.2, 0.25) is 10.0 Å². The lowest BCUT2D eigenvalue weighted by Gasteiger charge is -2.36. The summed E-state index contributed by atoms with van der Waals surface area (Å²) in [7, 11) is -3.05. The third-order valence-electron chi connectivity index (χ3n) is 5.04. The summed E-state index contributed by atoms with van der Waals surface area (Å²) in [4.78, 5) is 2.49. The van der Waals surface area contributed by atoms with Crippen molar-refractivity contribution in [3.63, 3.8) is 0 Å². The molecule has 1 aromatic carbocycles. The maximum atomic E-state index is 11.5. The molecular weight excluding hydrogens is 324 g/mol. The van der Waals surface area contributed by atoms with Gasteiger partial charge in [-0.25, -0.2) is 12.7 Å². The van der Waals surface area contributed by atoms with Crippen molar-refractivity contribution in [2.24, 2.45) is 0 Å². The van der Waals surface area contributed by atoms with Crippen molar-refractivity contribution in [1.29, 1.82) is 0 Å². The van der Waals surface area contributed by atoms with Crippen molar-refractivity contribution in [2.75, 3.05) is 32.4 Å². The van der Waals surface area contributed by atoms with Crippen LogP contribution in [0.2, 0.25) is 0 Å². The third-order valence-corrected chi connectivity index (χ3v) is 6.34. The summed E-state index contributed by atoms with van der Waals surface area (Å²) >= 11 is 0. The lowest BCUT2D eigenvalue weighted by molar-refractivity contribution is -0.0595. The summed E-state index contributed by atoms with van der Waals surface area (Å²) in [5.74, 6) is 0. The number of likely N-dealkylation sites (tertiary alicyclic amines) is 1. The third kappa shape index (κ3) is 5.02. The van der Waals surface area contributed by atoms with Crippen LogP contribution in [0.5, 0.6) is 0 Å². The maximum Gasteiger partial charge on any atom is 0.211 e. The van der Waals surface area contributed by atoms with E-state index in [-0.39, 0.29) is 6.10 Å². The SMILES string of the molecule is CS(=O)(=O)N1CCC(OC2CCN(Cc3ccccc3)CC2)CC1. The summed E-state index contributed by atoms with van der Waals surface area (Å²) in [6, 6.07) is 10.6. The largest absolute Gasteiger partial charge is 0.375 e. The Balaban J connectivity index is 1.39. The smallest absolute Gasteiger partial charge is 0.211 e. The molecule has 2 aliphatic rings. The topological polar surface area (TPSA) is 49.9 Å². The standard InChI is InChI=1S/C18H28N2O3S/c1-24(21,22)20-13-9-18(10-14-20)23-17-7-11-19(12-8-17)15-16-5-3-2-4-6-16/h2-6,17-18H,7-15H2,1H3. The first-order valence-corrected chi connectivity index (χ1v) is 10.7. The summed E-state index contributed by atoms with van der Waals surface area (Å²) in [6.45, 7) is 4.34. The Morgan fingerprint density at radius 3 is 2.04 bits per heavy atom. The van der Waals surface area contributed by atoms with Crippen LogP contribution < -0.4 is 0 Å². The van der Waals surface area contributed by atoms with Gasteiger partial charge in [0.05, 0.1) is 18.5 Å². The molecule has 0 atom stereocenters. The Morgan fingerprint density at radius 1 is 0.958 bits per heavy atom. The number of piperidine rings is 2. The van der Waals surface area contributed by atoms with E-state index in [0.29, 0.717) is 19.2 Å². The first-order valence-electron chi connectivity index (χ1n) is 8.87. The molecule has 6 heteroatoms. The van der Waals surface area contributed by atoms with Crippen LogP contribution in [0.25, 0.3) is 0 Å². The van der Waals surface area contributed by atoms with Gasteiger partial charge >= 0.3 is 0 Å². The fraction of sp³-hybridized carbons (Fsp3) is 0.667. The molecule has 24 heavy (non-hydrogen) atoms. The van der Waals surface area contributed by atoms with Crippen LogP contribution in [-0.4, -0.2) is 62.3 Å². The molecular formula is C18H28N2O3S. The van der Waals surface area contributed by atoms with Gasteiger partial charge in [-0.2, -0.15) is 0 Å². The highest BCUT2D eigenvalue weighted by Gasteiger charge is 2.28. The van der Waals surface area contributed by atoms with E-state index in [4.69, 9.17) is 4.74 Å². The van der Waals surface area contributed by atoms with Crippen LogP contribution in [0.3, 0.4) is 0 Å². The van der Waals surface area contributed by atoms with Gasteiger partial charge in [0.1, 0.15) is 0 Å². The second kappa shape index (κ2) is 7.95. The minimum Gasteiger partial charge on any atom is -0.375 e. The van der Waals surface area contributed by atoms with Crippen molar-refractivity contribution < 1.29 is 13.2 Å². The van der Waals surface area contributed by atoms with E-state index in [9.17, 15) is 8.42 Å². The van der Waals surface area contributed by atoms with Crippen LogP contribution in [-0.2, 0) is 21.3 Å². The zero-order valence-electron chi connectivity index (χ0n) is 14.4. The molecule has 0 aromatic heterocycles. The number of sulfonamides is 1. The number of benzene rings is 1. The van der Waals surface area contributed by atoms with Gasteiger partial charge in [-0.1, -0.05) is 30.3 Å². The molecule has 0 aliphatic carbocycles. The van der Waals surface area contributed by atoms with Crippen LogP contribution in [0, 0.1) is 0 Å². The maximum absolute atomic E-state index is 11.5. The Labute approximate surface area is 145 Å². The number of ether oxygens (including phenoxy) is 1. The lowest BCUT2D eigenvalue weighted by atomic mass is 10.0. The molecule has 5 nitrogen and oxygen atoms in total. The summed E-state index contributed by atoms with van der Waals surface area (Å²) in [6.07, 6.45) is 5.60. The van der Waals surface area contributed by atoms with Crippen LogP contribution in [0.4, 0.5) is 0 Å². The van der Waals surface area contributed by atoms with E-state index in [2.05, 4.69) is 35.2 Å². The number of hydrogen-bond donors (Lipinski definition) is 0. The van der Waals surface area contributed by atoms with Gasteiger partial charge in [0.15, 0.2) is 0 Å². The molecule has 0 saturated carbocycles. The molecule has 2 heterocycles. The zero-order valence-corrected chi connectivity index (χ0v) is 15.2. The Hall–Kier alpha value is -0.950. The average Bonchev–Trinajstić information content (AvgIpc) is 2.57. The van der Waals surface area contributed by atoms with E-state index in [1.165, 1.54) is 11.8 Å². The highest BCUT2D eigenvalue weighted by molar-refractivity contribution is 7.88. The number of rotatable bonds is 5. The number of nitrogens with zero attached hydrogens (tertiary/aromatic N) is 2. The van der Waals surface area contributed by atoms with Crippen LogP contribution in [0.15, 0.2) is 30.3 Å². The molecule has 0 radical (unpaired) electrons. The van der Waals surface area contributed by atoms with Gasteiger partial charge in [-0.3, -0.25) is 4.90 Å². The molecule has 0 unspecified atom stereocenters. The first-order chi connectivity index (χ1) is 11.5. The molecule has 0 N–H and O–H groups in total. The fourth-order valence-corrected chi connectivity index (χ4v) is 4.49. The van der Waals surface area contributed by atoms with Gasteiger partial charge < -0.3 is 4.74 Å². The van der Waals surface area contributed by atoms with Gasteiger partial charge in [-0.15, -0.1) is 0 Å². The van der Waals surface area contributed by atoms with Crippen molar-refractivity contribution in [2.45, 2.75) is 44.4 Å². The number of hydrogen-bond acceptors (Lipinski definition) is 4. The minimum absolute atomic E-state index is 0.216. The van der Waals surface area contributed by atoms with Gasteiger partial charge in [0.25, 0.3) is 0 Å². The molecule has 0 spiro atoms. The van der Waals surface area contributed by atoms with E-state index in [0.717, 1.165) is 45.3 Å². The molecule has 0 bridgehead atoms. The molecule has 2 saturated heterocycles. The lowest BCUT2D eigenvalue weighted by Crippen LogP contribution is -2.43. The Morgan fingerprint density at radius 2 is 1.50 bits per heavy atom. The van der Waals surface area contributed by atoms with Crippen LogP contribution in [0.1, 0.15) is 31.2 Å². The minimum atomic E-state index is -3.05. The molecule has 2 fully saturated rings. The first kappa shape index (κ1) is 17.9. The fourth-order valence-electron chi connectivity index (χ4n) is 3.62. The van der Waals surface area contributed by atoms with Gasteiger partial charge in [0, 0.05) is 32.7 Å². The molecule has 134 valence electrons. The van der Waals surface area contributed by atoms with Crippen molar-refractivity contribution in [1.82, 2.24) is 9.21 Å². The monoisotopic (exact) mass is 352 g/mol. The molecule has 3 rings (SSSR count). The van der Waals surface area contributed by atoms with Crippen molar-refractivity contribution >= 4 is 10.0 Å². The predicted octanol–water partition coefficient (Wildman–Crippen LogP) is 2.09. The molecule has 0 amide bonds.